The lowest BCUT2D eigenvalue weighted by Crippen LogP contribution is -2.19. The Morgan fingerprint density at radius 1 is 0.957 bits per heavy atom. The van der Waals surface area contributed by atoms with Gasteiger partial charge < -0.3 is 15.6 Å². The van der Waals surface area contributed by atoms with E-state index in [9.17, 15) is 18.0 Å². The van der Waals surface area contributed by atoms with Crippen LogP contribution in [-0.4, -0.2) is 11.0 Å². The van der Waals surface area contributed by atoms with Gasteiger partial charge in [0.2, 0.25) is 0 Å². The van der Waals surface area contributed by atoms with Crippen molar-refractivity contribution < 1.29 is 18.0 Å². The maximum atomic E-state index is 12.6. The minimum Gasteiger partial charge on any atom is -0.361 e. The van der Waals surface area contributed by atoms with E-state index in [0.29, 0.717) is 5.69 Å². The van der Waals surface area contributed by atoms with Crippen LogP contribution in [0.2, 0.25) is 0 Å². The van der Waals surface area contributed by atoms with Gasteiger partial charge >= 0.3 is 12.2 Å². The van der Waals surface area contributed by atoms with Crippen LogP contribution in [0.3, 0.4) is 0 Å². The van der Waals surface area contributed by atoms with Crippen molar-refractivity contribution in [1.82, 2.24) is 4.98 Å². The summed E-state index contributed by atoms with van der Waals surface area (Å²) in [5.41, 5.74) is 0.722. The average molecular weight is 319 g/mol. The van der Waals surface area contributed by atoms with E-state index in [0.717, 1.165) is 23.0 Å². The van der Waals surface area contributed by atoms with Gasteiger partial charge in [-0.3, -0.25) is 0 Å². The van der Waals surface area contributed by atoms with E-state index in [1.807, 2.05) is 6.07 Å². The van der Waals surface area contributed by atoms with Gasteiger partial charge in [0.1, 0.15) is 0 Å². The molecule has 0 fully saturated rings. The number of rotatable bonds is 2. The molecule has 118 valence electrons. The molecule has 3 aromatic rings. The molecule has 0 unspecified atom stereocenters. The molecule has 1 aromatic heterocycles. The zero-order valence-corrected chi connectivity index (χ0v) is 11.7. The topological polar surface area (TPSA) is 56.9 Å². The number of halogens is 3. The van der Waals surface area contributed by atoms with Gasteiger partial charge in [-0.1, -0.05) is 6.07 Å². The number of aromatic nitrogens is 1. The lowest BCUT2D eigenvalue weighted by Gasteiger charge is -2.11. The number of aromatic amines is 1. The number of carbonyl (C=O) groups excluding carboxylic acids is 1. The molecule has 0 aliphatic carbocycles. The van der Waals surface area contributed by atoms with Crippen LogP contribution in [0.25, 0.3) is 10.9 Å². The standard InChI is InChI=1S/C16H12F3N3O/c17-16(18,19)11-2-1-3-12(9-11)21-15(23)22-13-4-5-14-10(8-13)6-7-20-14/h1-9,20H,(H2,21,22,23). The first-order valence-corrected chi connectivity index (χ1v) is 6.74. The number of carbonyl (C=O) groups is 1. The summed E-state index contributed by atoms with van der Waals surface area (Å²) in [5.74, 6) is 0. The second kappa shape index (κ2) is 5.68. The van der Waals surface area contributed by atoms with Crippen molar-refractivity contribution >= 4 is 28.3 Å². The molecule has 0 bridgehead atoms. The summed E-state index contributed by atoms with van der Waals surface area (Å²) in [6.45, 7) is 0. The van der Waals surface area contributed by atoms with E-state index in [2.05, 4.69) is 15.6 Å². The van der Waals surface area contributed by atoms with Crippen LogP contribution in [0.4, 0.5) is 29.3 Å². The van der Waals surface area contributed by atoms with Gasteiger partial charge in [0.25, 0.3) is 0 Å². The molecule has 0 radical (unpaired) electrons. The van der Waals surface area contributed by atoms with Crippen molar-refractivity contribution in [2.45, 2.75) is 6.18 Å². The monoisotopic (exact) mass is 319 g/mol. The number of anilines is 2. The number of H-pyrrole nitrogens is 1. The van der Waals surface area contributed by atoms with Crippen LogP contribution in [-0.2, 0) is 6.18 Å². The lowest BCUT2D eigenvalue weighted by molar-refractivity contribution is -0.137. The van der Waals surface area contributed by atoms with E-state index < -0.39 is 17.8 Å². The highest BCUT2D eigenvalue weighted by Crippen LogP contribution is 2.30. The Morgan fingerprint density at radius 2 is 1.70 bits per heavy atom. The number of alkyl halides is 3. The Balaban J connectivity index is 1.71. The van der Waals surface area contributed by atoms with Gasteiger partial charge in [-0.05, 0) is 42.5 Å². The molecule has 7 heteroatoms. The molecule has 2 amide bonds. The van der Waals surface area contributed by atoms with Crippen molar-refractivity contribution in [2.24, 2.45) is 0 Å². The Hall–Kier alpha value is -2.96. The molecule has 0 saturated heterocycles. The van der Waals surface area contributed by atoms with Crippen LogP contribution in [0, 0.1) is 0 Å². The molecule has 0 spiro atoms. The fraction of sp³-hybridized carbons (Fsp3) is 0.0625. The summed E-state index contributed by atoms with van der Waals surface area (Å²) in [5, 5.41) is 5.89. The second-order valence-corrected chi connectivity index (χ2v) is 4.94. The van der Waals surface area contributed by atoms with Gasteiger partial charge in [0.05, 0.1) is 5.56 Å². The summed E-state index contributed by atoms with van der Waals surface area (Å²) in [4.78, 5) is 14.9. The fourth-order valence-electron chi connectivity index (χ4n) is 2.20. The summed E-state index contributed by atoms with van der Waals surface area (Å²) >= 11 is 0. The molecule has 4 nitrogen and oxygen atoms in total. The molecule has 23 heavy (non-hydrogen) atoms. The van der Waals surface area contributed by atoms with E-state index in [1.54, 1.807) is 24.4 Å². The summed E-state index contributed by atoms with van der Waals surface area (Å²) < 4.78 is 37.9. The summed E-state index contributed by atoms with van der Waals surface area (Å²) in [6.07, 6.45) is -2.68. The molecule has 0 saturated carbocycles. The van der Waals surface area contributed by atoms with Gasteiger partial charge in [0.15, 0.2) is 0 Å². The fourth-order valence-corrected chi connectivity index (χ4v) is 2.20. The largest absolute Gasteiger partial charge is 0.416 e. The molecule has 0 aliphatic heterocycles. The van der Waals surface area contributed by atoms with Crippen LogP contribution in [0.1, 0.15) is 5.56 Å². The highest BCUT2D eigenvalue weighted by Gasteiger charge is 2.30. The zero-order chi connectivity index (χ0) is 16.4. The number of nitrogens with one attached hydrogen (secondary N) is 3. The Morgan fingerprint density at radius 3 is 2.43 bits per heavy atom. The van der Waals surface area contributed by atoms with Crippen molar-refractivity contribution in [1.29, 1.82) is 0 Å². The van der Waals surface area contributed by atoms with Crippen LogP contribution in [0.15, 0.2) is 54.7 Å². The highest BCUT2D eigenvalue weighted by atomic mass is 19.4. The molecule has 0 atom stereocenters. The average Bonchev–Trinajstić information content (AvgIpc) is 2.94. The quantitative estimate of drug-likeness (QED) is 0.622. The SMILES string of the molecule is O=C(Nc1cccc(C(F)(F)F)c1)Nc1ccc2[nH]ccc2c1. The first-order chi connectivity index (χ1) is 10.9. The van der Waals surface area contributed by atoms with Crippen LogP contribution in [0.5, 0.6) is 0 Å². The van der Waals surface area contributed by atoms with Gasteiger partial charge in [0, 0.05) is 28.5 Å². The number of hydrogen-bond acceptors (Lipinski definition) is 1. The van der Waals surface area contributed by atoms with Crippen LogP contribution < -0.4 is 10.6 Å². The molecule has 0 aliphatic rings. The molecule has 2 aromatic carbocycles. The summed E-state index contributed by atoms with van der Waals surface area (Å²) in [6, 6.07) is 11.0. The van der Waals surface area contributed by atoms with Crippen molar-refractivity contribution in [3.8, 4) is 0 Å². The third-order valence-corrected chi connectivity index (χ3v) is 3.26. The Labute approximate surface area is 129 Å². The first-order valence-electron chi connectivity index (χ1n) is 6.74. The van der Waals surface area contributed by atoms with E-state index >= 15 is 0 Å². The maximum absolute atomic E-state index is 12.6. The number of fused-ring (bicyclic) bond motifs is 1. The number of amides is 2. The highest BCUT2D eigenvalue weighted by molar-refractivity contribution is 6.01. The van der Waals surface area contributed by atoms with E-state index in [-0.39, 0.29) is 5.69 Å². The first kappa shape index (κ1) is 15.0. The normalized spacial score (nSPS) is 11.4. The van der Waals surface area contributed by atoms with Crippen molar-refractivity contribution in [3.63, 3.8) is 0 Å². The minimum absolute atomic E-state index is 0.0695. The third kappa shape index (κ3) is 3.45. The molecule has 1 heterocycles. The molecule has 3 rings (SSSR count). The van der Waals surface area contributed by atoms with Crippen LogP contribution >= 0.6 is 0 Å². The Bertz CT molecular complexity index is 855. The second-order valence-electron chi connectivity index (χ2n) is 4.94. The molecular weight excluding hydrogens is 307 g/mol. The van der Waals surface area contributed by atoms with Gasteiger partial charge in [-0.15, -0.1) is 0 Å². The van der Waals surface area contributed by atoms with E-state index in [4.69, 9.17) is 0 Å². The summed E-state index contributed by atoms with van der Waals surface area (Å²) in [7, 11) is 0. The molecule has 3 N–H and O–H groups in total. The van der Waals surface area contributed by atoms with Gasteiger partial charge in [-0.2, -0.15) is 13.2 Å². The zero-order valence-electron chi connectivity index (χ0n) is 11.7. The molecular formula is C16H12F3N3O. The maximum Gasteiger partial charge on any atom is 0.416 e. The van der Waals surface area contributed by atoms with E-state index in [1.165, 1.54) is 12.1 Å². The number of urea groups is 1. The third-order valence-electron chi connectivity index (χ3n) is 3.26. The predicted octanol–water partition coefficient (Wildman–Crippen LogP) is 4.83. The number of hydrogen-bond donors (Lipinski definition) is 3. The lowest BCUT2D eigenvalue weighted by atomic mass is 10.2. The predicted molar refractivity (Wildman–Crippen MR) is 82.4 cm³/mol. The Kier molecular flexibility index (Phi) is 3.69. The number of benzene rings is 2. The van der Waals surface area contributed by atoms with Crippen molar-refractivity contribution in [3.05, 3.63) is 60.3 Å². The smallest absolute Gasteiger partial charge is 0.361 e. The van der Waals surface area contributed by atoms with Crippen molar-refractivity contribution in [2.75, 3.05) is 10.6 Å². The minimum atomic E-state index is -4.45. The van der Waals surface area contributed by atoms with Gasteiger partial charge in [-0.25, -0.2) is 4.79 Å².